The first kappa shape index (κ1) is 19.9. The summed E-state index contributed by atoms with van der Waals surface area (Å²) in [5, 5.41) is 0. The SMILES string of the molecule is C/C=C/CCC1CCC(c2cc(N)c(-c3cc(N)c(N)c(N)c3)c(N)c2)CC1. The van der Waals surface area contributed by atoms with E-state index in [-0.39, 0.29) is 0 Å². The van der Waals surface area contributed by atoms with Gasteiger partial charge in [-0.1, -0.05) is 12.2 Å². The molecule has 0 unspecified atom stereocenters. The highest BCUT2D eigenvalue weighted by Crippen LogP contribution is 2.42. The number of hydrogen-bond acceptors (Lipinski definition) is 5. The number of hydrogen-bond donors (Lipinski definition) is 5. The normalized spacial score (nSPS) is 19.9. The second kappa shape index (κ2) is 8.46. The molecule has 0 aromatic heterocycles. The molecule has 0 atom stereocenters. The Kier molecular flexibility index (Phi) is 6.02. The predicted octanol–water partition coefficient (Wildman–Crippen LogP) is 4.89. The van der Waals surface area contributed by atoms with Crippen LogP contribution in [0.4, 0.5) is 28.4 Å². The van der Waals surface area contributed by atoms with Gasteiger partial charge >= 0.3 is 0 Å². The summed E-state index contributed by atoms with van der Waals surface area (Å²) < 4.78 is 0. The summed E-state index contributed by atoms with van der Waals surface area (Å²) in [6, 6.07) is 7.70. The van der Waals surface area contributed by atoms with Gasteiger partial charge in [0.1, 0.15) is 0 Å². The average molecular weight is 380 g/mol. The van der Waals surface area contributed by atoms with Crippen molar-refractivity contribution < 1.29 is 0 Å². The lowest BCUT2D eigenvalue weighted by Gasteiger charge is -2.29. The lowest BCUT2D eigenvalue weighted by Crippen LogP contribution is -2.14. The van der Waals surface area contributed by atoms with Gasteiger partial charge in [-0.3, -0.25) is 0 Å². The van der Waals surface area contributed by atoms with Gasteiger partial charge in [0.2, 0.25) is 0 Å². The Hall–Kier alpha value is -2.82. The molecule has 0 amide bonds. The van der Waals surface area contributed by atoms with Crippen molar-refractivity contribution in [3.63, 3.8) is 0 Å². The van der Waals surface area contributed by atoms with Gasteiger partial charge in [0.15, 0.2) is 0 Å². The fraction of sp³-hybridized carbons (Fsp3) is 0.391. The number of rotatable bonds is 5. The van der Waals surface area contributed by atoms with E-state index >= 15 is 0 Å². The highest BCUT2D eigenvalue weighted by atomic mass is 14.7. The van der Waals surface area contributed by atoms with Crippen LogP contribution in [0.2, 0.25) is 0 Å². The summed E-state index contributed by atoms with van der Waals surface area (Å²) in [6.45, 7) is 2.09. The summed E-state index contributed by atoms with van der Waals surface area (Å²) in [5.41, 5.74) is 36.0. The summed E-state index contributed by atoms with van der Waals surface area (Å²) in [5.74, 6) is 1.36. The van der Waals surface area contributed by atoms with Crippen molar-refractivity contribution in [2.24, 2.45) is 5.92 Å². The molecular weight excluding hydrogens is 346 g/mol. The molecule has 0 bridgehead atoms. The van der Waals surface area contributed by atoms with Gasteiger partial charge in [-0.25, -0.2) is 0 Å². The second-order valence-electron chi connectivity index (χ2n) is 8.01. The number of nitrogens with two attached hydrogens (primary N) is 5. The molecule has 1 aliphatic carbocycles. The first-order valence-corrected chi connectivity index (χ1v) is 10.2. The van der Waals surface area contributed by atoms with Crippen molar-refractivity contribution in [2.75, 3.05) is 28.7 Å². The smallest absolute Gasteiger partial charge is 0.0781 e. The van der Waals surface area contributed by atoms with Gasteiger partial charge in [-0.15, -0.1) is 0 Å². The number of nitrogen functional groups attached to an aromatic ring is 5. The van der Waals surface area contributed by atoms with E-state index in [0.717, 1.165) is 17.0 Å². The lowest BCUT2D eigenvalue weighted by atomic mass is 9.76. The van der Waals surface area contributed by atoms with E-state index in [1.54, 1.807) is 12.1 Å². The van der Waals surface area contributed by atoms with E-state index < -0.39 is 0 Å². The molecule has 5 nitrogen and oxygen atoms in total. The molecule has 0 radical (unpaired) electrons. The minimum atomic E-state index is 0.392. The zero-order valence-corrected chi connectivity index (χ0v) is 16.7. The number of allylic oxidation sites excluding steroid dienone is 2. The summed E-state index contributed by atoms with van der Waals surface area (Å²) in [7, 11) is 0. The molecule has 1 saturated carbocycles. The Morgan fingerprint density at radius 1 is 0.821 bits per heavy atom. The van der Waals surface area contributed by atoms with E-state index in [9.17, 15) is 0 Å². The van der Waals surface area contributed by atoms with Gasteiger partial charge in [0.05, 0.1) is 17.1 Å². The van der Waals surface area contributed by atoms with Crippen LogP contribution in [0.15, 0.2) is 36.4 Å². The topological polar surface area (TPSA) is 130 Å². The fourth-order valence-electron chi connectivity index (χ4n) is 4.41. The third kappa shape index (κ3) is 4.19. The Labute approximate surface area is 168 Å². The van der Waals surface area contributed by atoms with Crippen molar-refractivity contribution >= 4 is 28.4 Å². The molecule has 150 valence electrons. The minimum Gasteiger partial charge on any atom is -0.398 e. The fourth-order valence-corrected chi connectivity index (χ4v) is 4.41. The van der Waals surface area contributed by atoms with Gasteiger partial charge in [-0.2, -0.15) is 0 Å². The van der Waals surface area contributed by atoms with E-state index in [0.29, 0.717) is 34.4 Å². The van der Waals surface area contributed by atoms with E-state index in [1.165, 1.54) is 44.1 Å². The van der Waals surface area contributed by atoms with Crippen LogP contribution in [0, 0.1) is 5.92 Å². The maximum atomic E-state index is 6.41. The molecule has 28 heavy (non-hydrogen) atoms. The summed E-state index contributed by atoms with van der Waals surface area (Å²) in [6.07, 6.45) is 11.8. The quantitative estimate of drug-likeness (QED) is 0.373. The predicted molar refractivity (Wildman–Crippen MR) is 123 cm³/mol. The van der Waals surface area contributed by atoms with Crippen LogP contribution in [0.25, 0.3) is 11.1 Å². The lowest BCUT2D eigenvalue weighted by molar-refractivity contribution is 0.312. The zero-order chi connectivity index (χ0) is 20.3. The molecule has 0 heterocycles. The van der Waals surface area contributed by atoms with Crippen molar-refractivity contribution in [1.29, 1.82) is 0 Å². The van der Waals surface area contributed by atoms with Crippen molar-refractivity contribution in [2.45, 2.75) is 51.4 Å². The molecule has 2 aromatic rings. The number of benzene rings is 2. The van der Waals surface area contributed by atoms with Crippen LogP contribution in [0.5, 0.6) is 0 Å². The maximum Gasteiger partial charge on any atom is 0.0781 e. The second-order valence-corrected chi connectivity index (χ2v) is 8.01. The Balaban J connectivity index is 1.78. The number of anilines is 5. The highest BCUT2D eigenvalue weighted by molar-refractivity contribution is 5.93. The van der Waals surface area contributed by atoms with Gasteiger partial charge in [0, 0.05) is 16.9 Å². The zero-order valence-electron chi connectivity index (χ0n) is 16.7. The highest BCUT2D eigenvalue weighted by Gasteiger charge is 2.23. The molecule has 10 N–H and O–H groups in total. The van der Waals surface area contributed by atoms with Crippen LogP contribution in [-0.2, 0) is 0 Å². The maximum absolute atomic E-state index is 6.41. The van der Waals surface area contributed by atoms with Crippen LogP contribution in [0.3, 0.4) is 0 Å². The molecular formula is C23H33N5. The van der Waals surface area contributed by atoms with Crippen LogP contribution < -0.4 is 28.7 Å². The summed E-state index contributed by atoms with van der Waals surface area (Å²) >= 11 is 0. The van der Waals surface area contributed by atoms with E-state index in [1.807, 2.05) is 0 Å². The third-order valence-corrected chi connectivity index (χ3v) is 6.05. The molecule has 0 aliphatic heterocycles. The van der Waals surface area contributed by atoms with Crippen LogP contribution >= 0.6 is 0 Å². The molecule has 5 heteroatoms. The van der Waals surface area contributed by atoms with Gasteiger partial charge in [-0.05, 0) is 92.7 Å². The van der Waals surface area contributed by atoms with E-state index in [2.05, 4.69) is 31.2 Å². The van der Waals surface area contributed by atoms with Crippen LogP contribution in [0.1, 0.15) is 56.9 Å². The Morgan fingerprint density at radius 3 is 1.93 bits per heavy atom. The van der Waals surface area contributed by atoms with Crippen molar-refractivity contribution in [1.82, 2.24) is 0 Å². The van der Waals surface area contributed by atoms with Crippen LogP contribution in [-0.4, -0.2) is 0 Å². The first-order chi connectivity index (χ1) is 13.4. The minimum absolute atomic E-state index is 0.392. The third-order valence-electron chi connectivity index (χ3n) is 6.05. The van der Waals surface area contributed by atoms with Gasteiger partial charge in [0.25, 0.3) is 0 Å². The monoisotopic (exact) mass is 379 g/mol. The Morgan fingerprint density at radius 2 is 1.39 bits per heavy atom. The molecule has 1 fully saturated rings. The molecule has 0 spiro atoms. The first-order valence-electron chi connectivity index (χ1n) is 10.2. The molecule has 2 aromatic carbocycles. The van der Waals surface area contributed by atoms with E-state index in [4.69, 9.17) is 28.7 Å². The molecule has 1 aliphatic rings. The summed E-state index contributed by atoms with van der Waals surface area (Å²) in [4.78, 5) is 0. The van der Waals surface area contributed by atoms with Gasteiger partial charge < -0.3 is 28.7 Å². The standard InChI is InChI=1S/C23H33N5/c1-2-3-4-5-14-6-8-15(9-7-14)16-10-18(24)22(19(25)11-16)17-12-20(26)23(28)21(27)13-17/h2-3,10-15H,4-9,24-28H2,1H3/b3-2+. The largest absolute Gasteiger partial charge is 0.398 e. The molecule has 3 rings (SSSR count). The van der Waals surface area contributed by atoms with Crippen molar-refractivity contribution in [3.05, 3.63) is 42.0 Å². The average Bonchev–Trinajstić information content (AvgIpc) is 2.66. The Bertz CT molecular complexity index is 817. The molecule has 0 saturated heterocycles. The van der Waals surface area contributed by atoms with Crippen molar-refractivity contribution in [3.8, 4) is 11.1 Å².